The van der Waals surface area contributed by atoms with Gasteiger partial charge in [0, 0.05) is 36.9 Å². The Morgan fingerprint density at radius 2 is 2.10 bits per heavy atom. The number of aromatic nitrogens is 2. The summed E-state index contributed by atoms with van der Waals surface area (Å²) in [6.45, 7) is 3.75. The van der Waals surface area contributed by atoms with E-state index in [4.69, 9.17) is 17.0 Å². The van der Waals surface area contributed by atoms with E-state index in [-0.39, 0.29) is 18.2 Å². The highest BCUT2D eigenvalue weighted by Gasteiger charge is 2.42. The van der Waals surface area contributed by atoms with E-state index in [9.17, 15) is 0 Å². The zero-order valence-corrected chi connectivity index (χ0v) is 17.9. The van der Waals surface area contributed by atoms with Gasteiger partial charge in [-0.1, -0.05) is 18.2 Å². The highest BCUT2D eigenvalue weighted by atomic mass is 32.1. The van der Waals surface area contributed by atoms with Crippen LogP contribution in [0.2, 0.25) is 0 Å². The van der Waals surface area contributed by atoms with Gasteiger partial charge in [0.05, 0.1) is 23.9 Å². The summed E-state index contributed by atoms with van der Waals surface area (Å²) in [6, 6.07) is 19.0. The number of aryl methyl sites for hydroxylation is 1. The van der Waals surface area contributed by atoms with Gasteiger partial charge in [-0.15, -0.1) is 0 Å². The summed E-state index contributed by atoms with van der Waals surface area (Å²) in [6.07, 6.45) is 6.40. The van der Waals surface area contributed by atoms with Crippen molar-refractivity contribution in [3.05, 3.63) is 83.9 Å². The minimum atomic E-state index is -0.0152. The van der Waals surface area contributed by atoms with E-state index in [2.05, 4.69) is 75.4 Å². The van der Waals surface area contributed by atoms with Crippen LogP contribution in [0.5, 0.6) is 0 Å². The van der Waals surface area contributed by atoms with E-state index in [0.29, 0.717) is 0 Å². The van der Waals surface area contributed by atoms with Gasteiger partial charge in [-0.2, -0.15) is 0 Å². The van der Waals surface area contributed by atoms with Crippen molar-refractivity contribution in [1.29, 1.82) is 0 Å². The first-order chi connectivity index (χ1) is 14.7. The third-order valence-corrected chi connectivity index (χ3v) is 6.34. The zero-order chi connectivity index (χ0) is 20.5. The van der Waals surface area contributed by atoms with Crippen molar-refractivity contribution < 1.29 is 4.74 Å². The maximum absolute atomic E-state index is 5.95. The number of ether oxygens (including phenoxy) is 1. The molecular weight excluding hydrogens is 392 g/mol. The lowest BCUT2D eigenvalue weighted by Crippen LogP contribution is -2.36. The third-order valence-electron chi connectivity index (χ3n) is 5.99. The van der Waals surface area contributed by atoms with Crippen LogP contribution in [-0.2, 0) is 4.74 Å². The summed E-state index contributed by atoms with van der Waals surface area (Å²) >= 11 is 5.81. The monoisotopic (exact) mass is 418 g/mol. The van der Waals surface area contributed by atoms with Gasteiger partial charge in [0.2, 0.25) is 0 Å². The summed E-state index contributed by atoms with van der Waals surface area (Å²) in [5, 5.41) is 4.32. The average Bonchev–Trinajstić information content (AvgIpc) is 3.50. The van der Waals surface area contributed by atoms with Crippen LogP contribution in [0.15, 0.2) is 67.0 Å². The van der Waals surface area contributed by atoms with Crippen molar-refractivity contribution >= 4 is 17.3 Å². The van der Waals surface area contributed by atoms with Crippen molar-refractivity contribution in [1.82, 2.24) is 19.8 Å². The molecule has 5 rings (SSSR count). The van der Waals surface area contributed by atoms with Gasteiger partial charge in [0.15, 0.2) is 5.11 Å². The number of rotatable bonds is 5. The Labute approximate surface area is 182 Å². The number of hydrogen-bond acceptors (Lipinski definition) is 3. The Kier molecular flexibility index (Phi) is 5.27. The second-order valence-corrected chi connectivity index (χ2v) is 8.44. The molecule has 2 fully saturated rings. The van der Waals surface area contributed by atoms with Gasteiger partial charge < -0.3 is 19.5 Å². The molecule has 154 valence electrons. The molecule has 30 heavy (non-hydrogen) atoms. The van der Waals surface area contributed by atoms with Crippen molar-refractivity contribution in [2.45, 2.75) is 38.0 Å². The fourth-order valence-corrected chi connectivity index (χ4v) is 4.89. The van der Waals surface area contributed by atoms with E-state index in [1.54, 1.807) is 0 Å². The van der Waals surface area contributed by atoms with Crippen LogP contribution in [0.25, 0.3) is 5.69 Å². The van der Waals surface area contributed by atoms with Gasteiger partial charge in [-0.25, -0.2) is 0 Å². The van der Waals surface area contributed by atoms with Gasteiger partial charge in [-0.05, 0) is 73.9 Å². The SMILES string of the molecule is Cc1cccc(-n2cccc2[C@H]2[C@H](c3ccccn3)NC(=S)N2C[C@@H]2CCCO2)c1. The zero-order valence-electron chi connectivity index (χ0n) is 17.1. The molecule has 6 heteroatoms. The van der Waals surface area contributed by atoms with Crippen LogP contribution in [0.1, 0.15) is 41.9 Å². The predicted molar refractivity (Wildman–Crippen MR) is 122 cm³/mol. The molecule has 0 saturated carbocycles. The Morgan fingerprint density at radius 1 is 1.17 bits per heavy atom. The molecule has 2 saturated heterocycles. The van der Waals surface area contributed by atoms with E-state index in [0.717, 1.165) is 42.5 Å². The first kappa shape index (κ1) is 19.3. The van der Waals surface area contributed by atoms with E-state index >= 15 is 0 Å². The number of pyridine rings is 1. The van der Waals surface area contributed by atoms with Gasteiger partial charge in [-0.3, -0.25) is 4.98 Å². The molecule has 0 spiro atoms. The molecule has 0 radical (unpaired) electrons. The van der Waals surface area contributed by atoms with E-state index < -0.39 is 0 Å². The largest absolute Gasteiger partial charge is 0.376 e. The Balaban J connectivity index is 1.57. The third kappa shape index (κ3) is 3.61. The number of benzene rings is 1. The summed E-state index contributed by atoms with van der Waals surface area (Å²) in [7, 11) is 0. The minimum absolute atomic E-state index is 0.0152. The summed E-state index contributed by atoms with van der Waals surface area (Å²) in [5.74, 6) is 0. The predicted octanol–water partition coefficient (Wildman–Crippen LogP) is 4.33. The van der Waals surface area contributed by atoms with Crippen molar-refractivity contribution in [2.75, 3.05) is 13.2 Å². The summed E-state index contributed by atoms with van der Waals surface area (Å²) in [5.41, 5.74) is 4.59. The van der Waals surface area contributed by atoms with Gasteiger partial charge in [0.25, 0.3) is 0 Å². The van der Waals surface area contributed by atoms with Crippen molar-refractivity contribution in [2.24, 2.45) is 0 Å². The second kappa shape index (κ2) is 8.20. The lowest BCUT2D eigenvalue weighted by atomic mass is 10.0. The topological polar surface area (TPSA) is 42.3 Å². The van der Waals surface area contributed by atoms with Crippen LogP contribution in [0.3, 0.4) is 0 Å². The molecule has 4 heterocycles. The van der Waals surface area contributed by atoms with Crippen LogP contribution < -0.4 is 5.32 Å². The number of thiocarbonyl (C=S) groups is 1. The highest BCUT2D eigenvalue weighted by molar-refractivity contribution is 7.80. The lowest BCUT2D eigenvalue weighted by Gasteiger charge is -2.30. The fourth-order valence-electron chi connectivity index (χ4n) is 4.58. The first-order valence-electron chi connectivity index (χ1n) is 10.5. The molecule has 2 aliphatic heterocycles. The number of hydrogen-bond donors (Lipinski definition) is 1. The smallest absolute Gasteiger partial charge is 0.170 e. The Hall–Kier alpha value is -2.70. The molecule has 0 aliphatic carbocycles. The van der Waals surface area contributed by atoms with E-state index in [1.165, 1.54) is 11.3 Å². The molecule has 0 amide bonds. The summed E-state index contributed by atoms with van der Waals surface area (Å²) in [4.78, 5) is 6.95. The average molecular weight is 419 g/mol. The van der Waals surface area contributed by atoms with Gasteiger partial charge in [0.1, 0.15) is 0 Å². The van der Waals surface area contributed by atoms with Crippen molar-refractivity contribution in [3.8, 4) is 5.69 Å². The normalized spacial score (nSPS) is 23.7. The molecule has 2 aliphatic rings. The fraction of sp³-hybridized carbons (Fsp3) is 0.333. The second-order valence-electron chi connectivity index (χ2n) is 8.06. The number of nitrogens with zero attached hydrogens (tertiary/aromatic N) is 3. The maximum atomic E-state index is 5.95. The van der Waals surface area contributed by atoms with Crippen LogP contribution in [0.4, 0.5) is 0 Å². The standard InChI is InChI=1S/C24H26N4OS/c1-17-7-4-8-18(15-17)27-13-5-11-21(27)23-22(20-10-2-3-12-25-20)26-24(30)28(23)16-19-9-6-14-29-19/h2-5,7-8,10-13,15,19,22-23H,6,9,14,16H2,1H3,(H,26,30)/t19-,22-,23-/m0/s1. The van der Waals surface area contributed by atoms with Crippen LogP contribution in [-0.4, -0.2) is 38.8 Å². The van der Waals surface area contributed by atoms with E-state index in [1.807, 2.05) is 18.3 Å². The Morgan fingerprint density at radius 3 is 2.87 bits per heavy atom. The molecule has 1 aromatic carbocycles. The highest BCUT2D eigenvalue weighted by Crippen LogP contribution is 2.40. The van der Waals surface area contributed by atoms with Crippen LogP contribution >= 0.6 is 12.2 Å². The van der Waals surface area contributed by atoms with Gasteiger partial charge >= 0.3 is 0 Å². The van der Waals surface area contributed by atoms with Crippen LogP contribution in [0, 0.1) is 6.92 Å². The summed E-state index contributed by atoms with van der Waals surface area (Å²) < 4.78 is 8.22. The van der Waals surface area contributed by atoms with Crippen molar-refractivity contribution in [3.63, 3.8) is 0 Å². The molecular formula is C24H26N4OS. The molecule has 0 unspecified atom stereocenters. The quantitative estimate of drug-likeness (QED) is 0.625. The first-order valence-corrected chi connectivity index (χ1v) is 11.0. The maximum Gasteiger partial charge on any atom is 0.170 e. The Bertz CT molecular complexity index is 1030. The molecule has 0 bridgehead atoms. The molecule has 3 atom stereocenters. The number of nitrogens with one attached hydrogen (secondary N) is 1. The molecule has 5 nitrogen and oxygen atoms in total. The molecule has 3 aromatic rings. The molecule has 2 aromatic heterocycles. The molecule has 1 N–H and O–H groups in total. The lowest BCUT2D eigenvalue weighted by molar-refractivity contribution is 0.0836. The minimum Gasteiger partial charge on any atom is -0.376 e.